The molecule has 0 atom stereocenters. The quantitative estimate of drug-likeness (QED) is 0.700. The number of anilines is 2. The van der Waals surface area contributed by atoms with Gasteiger partial charge in [-0.3, -0.25) is 0 Å². The molecule has 0 unspecified atom stereocenters. The van der Waals surface area contributed by atoms with Crippen LogP contribution in [0.5, 0.6) is 0 Å². The van der Waals surface area contributed by atoms with Crippen LogP contribution in [0.2, 0.25) is 0 Å². The molecule has 0 aliphatic carbocycles. The second kappa shape index (κ2) is 3.85. The number of rotatable bonds is 3. The SMILES string of the molecule is CN(CC(C)(C)O)c1nc(N)nc2nc[nH]c12. The van der Waals surface area contributed by atoms with Crippen LogP contribution in [0, 0.1) is 0 Å². The Bertz CT molecular complexity index is 529. The second-order valence-corrected chi connectivity index (χ2v) is 4.68. The van der Waals surface area contributed by atoms with Crippen molar-refractivity contribution < 1.29 is 5.11 Å². The highest BCUT2D eigenvalue weighted by atomic mass is 16.3. The van der Waals surface area contributed by atoms with Crippen molar-refractivity contribution >= 4 is 22.9 Å². The Balaban J connectivity index is 2.43. The van der Waals surface area contributed by atoms with Crippen molar-refractivity contribution in [3.63, 3.8) is 0 Å². The number of aliphatic hydroxyl groups is 1. The van der Waals surface area contributed by atoms with Crippen LogP contribution < -0.4 is 10.6 Å². The molecule has 0 aromatic carbocycles. The molecule has 0 radical (unpaired) electrons. The van der Waals surface area contributed by atoms with Gasteiger partial charge >= 0.3 is 0 Å². The van der Waals surface area contributed by atoms with E-state index in [9.17, 15) is 5.11 Å². The number of hydrogen-bond donors (Lipinski definition) is 3. The molecule has 2 heterocycles. The minimum absolute atomic E-state index is 0.169. The molecular formula is C10H16N6O. The molecule has 0 amide bonds. The smallest absolute Gasteiger partial charge is 0.224 e. The summed E-state index contributed by atoms with van der Waals surface area (Å²) in [6.07, 6.45) is 1.54. The Kier molecular flexibility index (Phi) is 2.62. The molecule has 7 heteroatoms. The highest BCUT2D eigenvalue weighted by Crippen LogP contribution is 2.21. The molecular weight excluding hydrogens is 220 g/mol. The lowest BCUT2D eigenvalue weighted by molar-refractivity contribution is 0.0885. The summed E-state index contributed by atoms with van der Waals surface area (Å²) in [5.74, 6) is 0.800. The van der Waals surface area contributed by atoms with Crippen molar-refractivity contribution in [1.82, 2.24) is 19.9 Å². The molecule has 17 heavy (non-hydrogen) atoms. The molecule has 4 N–H and O–H groups in total. The van der Waals surface area contributed by atoms with Crippen molar-refractivity contribution in [2.75, 3.05) is 24.2 Å². The fourth-order valence-corrected chi connectivity index (χ4v) is 1.77. The van der Waals surface area contributed by atoms with E-state index in [1.54, 1.807) is 20.2 Å². The van der Waals surface area contributed by atoms with Gasteiger partial charge in [-0.1, -0.05) is 0 Å². The Morgan fingerprint density at radius 1 is 1.47 bits per heavy atom. The third-order valence-corrected chi connectivity index (χ3v) is 2.27. The lowest BCUT2D eigenvalue weighted by Crippen LogP contribution is -2.36. The van der Waals surface area contributed by atoms with E-state index in [2.05, 4.69) is 19.9 Å². The second-order valence-electron chi connectivity index (χ2n) is 4.68. The number of H-pyrrole nitrogens is 1. The van der Waals surface area contributed by atoms with Gasteiger partial charge in [-0.05, 0) is 13.8 Å². The van der Waals surface area contributed by atoms with Gasteiger partial charge in [0.25, 0.3) is 0 Å². The van der Waals surface area contributed by atoms with Gasteiger partial charge in [0, 0.05) is 13.6 Å². The van der Waals surface area contributed by atoms with Gasteiger partial charge in [-0.2, -0.15) is 9.97 Å². The molecule has 0 aliphatic heterocycles. The summed E-state index contributed by atoms with van der Waals surface area (Å²) in [5.41, 5.74) is 6.04. The van der Waals surface area contributed by atoms with Crippen molar-refractivity contribution in [3.8, 4) is 0 Å². The number of imidazole rings is 1. The maximum absolute atomic E-state index is 9.80. The summed E-state index contributed by atoms with van der Waals surface area (Å²) >= 11 is 0. The fourth-order valence-electron chi connectivity index (χ4n) is 1.77. The number of nitrogens with two attached hydrogens (primary N) is 1. The molecule has 7 nitrogen and oxygen atoms in total. The Morgan fingerprint density at radius 2 is 2.18 bits per heavy atom. The van der Waals surface area contributed by atoms with Crippen LogP contribution >= 0.6 is 0 Å². The molecule has 0 saturated heterocycles. The van der Waals surface area contributed by atoms with Crippen LogP contribution in [0.4, 0.5) is 11.8 Å². The van der Waals surface area contributed by atoms with Crippen molar-refractivity contribution in [2.45, 2.75) is 19.4 Å². The highest BCUT2D eigenvalue weighted by Gasteiger charge is 2.19. The third kappa shape index (κ3) is 2.44. The number of fused-ring (bicyclic) bond motifs is 1. The number of likely N-dealkylation sites (N-methyl/N-ethyl adjacent to an activating group) is 1. The number of nitrogen functional groups attached to an aromatic ring is 1. The van der Waals surface area contributed by atoms with E-state index < -0.39 is 5.60 Å². The maximum atomic E-state index is 9.80. The summed E-state index contributed by atoms with van der Waals surface area (Å²) in [4.78, 5) is 17.0. The van der Waals surface area contributed by atoms with Crippen molar-refractivity contribution in [2.24, 2.45) is 0 Å². The van der Waals surface area contributed by atoms with Gasteiger partial charge in [0.15, 0.2) is 11.5 Å². The van der Waals surface area contributed by atoms with Crippen LogP contribution in [0.15, 0.2) is 6.33 Å². The van der Waals surface area contributed by atoms with Gasteiger partial charge in [0.1, 0.15) is 5.52 Å². The van der Waals surface area contributed by atoms with Crippen molar-refractivity contribution in [1.29, 1.82) is 0 Å². The highest BCUT2D eigenvalue weighted by molar-refractivity contribution is 5.84. The van der Waals surface area contributed by atoms with E-state index in [-0.39, 0.29) is 5.95 Å². The van der Waals surface area contributed by atoms with Crippen LogP contribution in [0.1, 0.15) is 13.8 Å². The van der Waals surface area contributed by atoms with E-state index in [4.69, 9.17) is 5.73 Å². The Morgan fingerprint density at radius 3 is 2.82 bits per heavy atom. The van der Waals surface area contributed by atoms with Crippen LogP contribution in [0.3, 0.4) is 0 Å². The largest absolute Gasteiger partial charge is 0.389 e. The molecule has 0 bridgehead atoms. The van der Waals surface area contributed by atoms with Crippen LogP contribution in [-0.4, -0.2) is 44.2 Å². The van der Waals surface area contributed by atoms with E-state index in [1.807, 2.05) is 11.9 Å². The topological polar surface area (TPSA) is 104 Å². The van der Waals surface area contributed by atoms with E-state index >= 15 is 0 Å². The predicted octanol–water partition coefficient (Wildman–Crippen LogP) is 0.142. The lowest BCUT2D eigenvalue weighted by Gasteiger charge is -2.26. The summed E-state index contributed by atoms with van der Waals surface area (Å²) in [5, 5.41) is 9.80. The van der Waals surface area contributed by atoms with Gasteiger partial charge in [0.2, 0.25) is 5.95 Å². The zero-order valence-electron chi connectivity index (χ0n) is 10.1. The molecule has 0 aliphatic rings. The molecule has 2 rings (SSSR count). The monoisotopic (exact) mass is 236 g/mol. The van der Waals surface area contributed by atoms with Gasteiger partial charge < -0.3 is 20.7 Å². The van der Waals surface area contributed by atoms with E-state index in [0.29, 0.717) is 23.5 Å². The predicted molar refractivity (Wildman–Crippen MR) is 65.7 cm³/mol. The minimum atomic E-state index is -0.819. The maximum Gasteiger partial charge on any atom is 0.224 e. The molecule has 2 aromatic rings. The van der Waals surface area contributed by atoms with Gasteiger partial charge in [0.05, 0.1) is 11.9 Å². The van der Waals surface area contributed by atoms with Crippen molar-refractivity contribution in [3.05, 3.63) is 6.33 Å². The first kappa shape index (κ1) is 11.6. The first-order chi connectivity index (χ1) is 7.87. The van der Waals surface area contributed by atoms with Crippen LogP contribution in [0.25, 0.3) is 11.2 Å². The first-order valence-corrected chi connectivity index (χ1v) is 5.27. The molecule has 0 saturated carbocycles. The van der Waals surface area contributed by atoms with Gasteiger partial charge in [-0.25, -0.2) is 4.98 Å². The molecule has 0 fully saturated rings. The van der Waals surface area contributed by atoms with E-state index in [1.165, 1.54) is 0 Å². The third-order valence-electron chi connectivity index (χ3n) is 2.27. The lowest BCUT2D eigenvalue weighted by atomic mass is 10.1. The molecule has 0 spiro atoms. The average molecular weight is 236 g/mol. The zero-order valence-corrected chi connectivity index (χ0v) is 10.1. The summed E-state index contributed by atoms with van der Waals surface area (Å²) < 4.78 is 0. The standard InChI is InChI=1S/C10H16N6O/c1-10(2,17)4-16(3)8-6-7(13-5-12-6)14-9(11)15-8/h5,17H,4H2,1-3H3,(H3,11,12,13,14,15). The molecule has 2 aromatic heterocycles. The normalized spacial score (nSPS) is 12.0. The van der Waals surface area contributed by atoms with Gasteiger partial charge in [-0.15, -0.1) is 0 Å². The average Bonchev–Trinajstić information content (AvgIpc) is 2.60. The number of nitrogens with zero attached hydrogens (tertiary/aromatic N) is 4. The number of aromatic nitrogens is 4. The Labute approximate surface area is 98.7 Å². The fraction of sp³-hybridized carbons (Fsp3) is 0.500. The number of nitrogens with one attached hydrogen (secondary N) is 1. The van der Waals surface area contributed by atoms with Crippen LogP contribution in [-0.2, 0) is 0 Å². The molecule has 92 valence electrons. The summed E-state index contributed by atoms with van der Waals surface area (Å²) in [6.45, 7) is 3.90. The minimum Gasteiger partial charge on any atom is -0.389 e. The summed E-state index contributed by atoms with van der Waals surface area (Å²) in [6, 6.07) is 0. The number of aromatic amines is 1. The Hall–Kier alpha value is -1.89. The summed E-state index contributed by atoms with van der Waals surface area (Å²) in [7, 11) is 1.83. The first-order valence-electron chi connectivity index (χ1n) is 5.27. The number of hydrogen-bond acceptors (Lipinski definition) is 6. The zero-order chi connectivity index (χ0) is 12.6. The van der Waals surface area contributed by atoms with E-state index in [0.717, 1.165) is 0 Å².